The van der Waals surface area contributed by atoms with Crippen LogP contribution in [0.1, 0.15) is 16.1 Å². The second-order valence-electron chi connectivity index (χ2n) is 5.25. The Morgan fingerprint density at radius 2 is 1.78 bits per heavy atom. The predicted octanol–water partition coefficient (Wildman–Crippen LogP) is 1.65. The van der Waals surface area contributed by atoms with Crippen LogP contribution in [0.4, 0.5) is 5.69 Å². The fourth-order valence-electron chi connectivity index (χ4n) is 2.14. The fourth-order valence-corrected chi connectivity index (χ4v) is 2.14. The van der Waals surface area contributed by atoms with E-state index in [1.165, 1.54) is 14.2 Å². The Labute approximate surface area is 156 Å². The largest absolute Gasteiger partial charge is 0.466 e. The van der Waals surface area contributed by atoms with Crippen LogP contribution in [0, 0.1) is 0 Å². The lowest BCUT2D eigenvalue weighted by atomic mass is 10.1. The molecule has 0 unspecified atom stereocenters. The summed E-state index contributed by atoms with van der Waals surface area (Å²) in [5.74, 6) is -1.88. The van der Waals surface area contributed by atoms with Gasteiger partial charge < -0.3 is 20.1 Å². The highest BCUT2D eigenvalue weighted by atomic mass is 16.5. The monoisotopic (exact) mass is 369 g/mol. The Balaban J connectivity index is 2.20. The van der Waals surface area contributed by atoms with Crippen molar-refractivity contribution in [3.63, 3.8) is 0 Å². The van der Waals surface area contributed by atoms with E-state index in [-0.39, 0.29) is 23.7 Å². The number of pyridine rings is 1. The van der Waals surface area contributed by atoms with Gasteiger partial charge in [-0.1, -0.05) is 18.2 Å². The number of anilines is 1. The van der Waals surface area contributed by atoms with Crippen molar-refractivity contribution < 1.29 is 23.9 Å². The quantitative estimate of drug-likeness (QED) is 0.564. The van der Waals surface area contributed by atoms with Gasteiger partial charge in [0.25, 0.3) is 5.91 Å². The Morgan fingerprint density at radius 1 is 1.04 bits per heavy atom. The van der Waals surface area contributed by atoms with E-state index in [2.05, 4.69) is 25.1 Å². The van der Waals surface area contributed by atoms with Gasteiger partial charge in [-0.3, -0.25) is 9.78 Å². The highest BCUT2D eigenvalue weighted by Crippen LogP contribution is 2.18. The number of nitrogens with zero attached hydrogens (tertiary/aromatic N) is 1. The molecule has 0 saturated heterocycles. The molecular weight excluding hydrogens is 350 g/mol. The van der Waals surface area contributed by atoms with Gasteiger partial charge in [-0.2, -0.15) is 0 Å². The first-order valence-electron chi connectivity index (χ1n) is 7.97. The van der Waals surface area contributed by atoms with Crippen molar-refractivity contribution in [2.24, 2.45) is 0 Å². The Morgan fingerprint density at radius 3 is 2.44 bits per heavy atom. The Kier molecular flexibility index (Phi) is 7.07. The van der Waals surface area contributed by atoms with Crippen LogP contribution < -0.4 is 10.6 Å². The average Bonchev–Trinajstić information content (AvgIpc) is 2.71. The molecule has 0 aliphatic carbocycles. The summed E-state index contributed by atoms with van der Waals surface area (Å²) in [6.45, 7) is 0.246. The number of amides is 1. The molecule has 0 fully saturated rings. The van der Waals surface area contributed by atoms with Gasteiger partial charge in [-0.15, -0.1) is 0 Å². The molecule has 1 amide bonds. The maximum absolute atomic E-state index is 12.5. The first-order valence-corrected chi connectivity index (χ1v) is 7.97. The summed E-state index contributed by atoms with van der Waals surface area (Å²) < 4.78 is 9.18. The maximum atomic E-state index is 12.5. The van der Waals surface area contributed by atoms with Crippen molar-refractivity contribution in [2.45, 2.75) is 6.54 Å². The number of nitrogens with one attached hydrogen (secondary N) is 2. The summed E-state index contributed by atoms with van der Waals surface area (Å²) in [6.07, 6.45) is 2.59. The van der Waals surface area contributed by atoms with Crippen LogP contribution in [0.3, 0.4) is 0 Å². The summed E-state index contributed by atoms with van der Waals surface area (Å²) in [4.78, 5) is 40.0. The van der Waals surface area contributed by atoms with Crippen molar-refractivity contribution in [1.82, 2.24) is 10.3 Å². The lowest BCUT2D eigenvalue weighted by molar-refractivity contribution is -0.138. The molecular formula is C19H19N3O5. The van der Waals surface area contributed by atoms with Gasteiger partial charge in [-0.05, 0) is 24.3 Å². The second-order valence-corrected chi connectivity index (χ2v) is 5.25. The number of methoxy groups -OCH3 is 2. The number of esters is 2. The molecule has 27 heavy (non-hydrogen) atoms. The third kappa shape index (κ3) is 5.67. The van der Waals surface area contributed by atoms with E-state index in [9.17, 15) is 14.4 Å². The Bertz CT molecular complexity index is 849. The van der Waals surface area contributed by atoms with Crippen LogP contribution in [0.2, 0.25) is 0 Å². The third-order valence-electron chi connectivity index (χ3n) is 3.47. The van der Waals surface area contributed by atoms with E-state index in [1.807, 2.05) is 6.07 Å². The Hall–Kier alpha value is -3.68. The molecule has 0 atom stereocenters. The van der Waals surface area contributed by atoms with Crippen molar-refractivity contribution in [2.75, 3.05) is 19.5 Å². The molecule has 8 nitrogen and oxygen atoms in total. The van der Waals surface area contributed by atoms with Gasteiger partial charge in [0.1, 0.15) is 5.70 Å². The number of hydrogen-bond acceptors (Lipinski definition) is 7. The fraction of sp³-hybridized carbons (Fsp3) is 0.158. The number of carbonyl (C=O) groups is 3. The van der Waals surface area contributed by atoms with Crippen LogP contribution in [-0.4, -0.2) is 37.0 Å². The van der Waals surface area contributed by atoms with Crippen molar-refractivity contribution >= 4 is 23.5 Å². The second kappa shape index (κ2) is 9.71. The summed E-state index contributed by atoms with van der Waals surface area (Å²) in [6, 6.07) is 12.0. The summed E-state index contributed by atoms with van der Waals surface area (Å²) in [5.41, 5.74) is 1.16. The molecule has 0 aliphatic rings. The number of rotatable bonds is 7. The summed E-state index contributed by atoms with van der Waals surface area (Å²) >= 11 is 0. The minimum Gasteiger partial charge on any atom is -0.466 e. The number of benzene rings is 1. The molecule has 0 bridgehead atoms. The molecule has 2 rings (SSSR count). The van der Waals surface area contributed by atoms with Gasteiger partial charge in [0.15, 0.2) is 0 Å². The van der Waals surface area contributed by atoms with Crippen LogP contribution in [0.25, 0.3) is 0 Å². The van der Waals surface area contributed by atoms with Crippen LogP contribution in [0.15, 0.2) is 60.4 Å². The third-order valence-corrected chi connectivity index (χ3v) is 3.47. The zero-order chi connectivity index (χ0) is 19.6. The zero-order valence-electron chi connectivity index (χ0n) is 14.9. The van der Waals surface area contributed by atoms with E-state index >= 15 is 0 Å². The van der Waals surface area contributed by atoms with Gasteiger partial charge >= 0.3 is 11.9 Å². The van der Waals surface area contributed by atoms with Crippen molar-refractivity contribution in [3.8, 4) is 0 Å². The molecule has 1 aromatic heterocycles. The lowest BCUT2D eigenvalue weighted by Crippen LogP contribution is -2.25. The molecule has 2 N–H and O–H groups in total. The van der Waals surface area contributed by atoms with E-state index in [4.69, 9.17) is 0 Å². The van der Waals surface area contributed by atoms with Crippen LogP contribution in [0.5, 0.6) is 0 Å². The molecule has 0 spiro atoms. The highest BCUT2D eigenvalue weighted by Gasteiger charge is 2.17. The SMILES string of the molecule is COC(=O)/C=C(/Nc1ccccc1C(=O)NCc1ccccn1)C(=O)OC. The molecule has 0 saturated carbocycles. The summed E-state index contributed by atoms with van der Waals surface area (Å²) in [5, 5.41) is 5.51. The minimum absolute atomic E-state index is 0.158. The molecule has 1 heterocycles. The number of aromatic nitrogens is 1. The van der Waals surface area contributed by atoms with Crippen molar-refractivity contribution in [1.29, 1.82) is 0 Å². The highest BCUT2D eigenvalue weighted by molar-refractivity contribution is 6.03. The van der Waals surface area contributed by atoms with Gasteiger partial charge in [-0.25, -0.2) is 9.59 Å². The smallest absolute Gasteiger partial charge is 0.354 e. The lowest BCUT2D eigenvalue weighted by Gasteiger charge is -2.13. The average molecular weight is 369 g/mol. The first-order chi connectivity index (χ1) is 13.0. The van der Waals surface area contributed by atoms with E-state index in [1.54, 1.807) is 42.6 Å². The van der Waals surface area contributed by atoms with Crippen LogP contribution in [-0.2, 0) is 25.6 Å². The van der Waals surface area contributed by atoms with Gasteiger partial charge in [0.05, 0.1) is 43.8 Å². The molecule has 8 heteroatoms. The zero-order valence-corrected chi connectivity index (χ0v) is 14.9. The number of ether oxygens (including phenoxy) is 2. The first kappa shape index (κ1) is 19.6. The van der Waals surface area contributed by atoms with Crippen molar-refractivity contribution in [3.05, 3.63) is 71.7 Å². The molecule has 0 radical (unpaired) electrons. The number of para-hydroxylation sites is 1. The van der Waals surface area contributed by atoms with E-state index in [0.29, 0.717) is 11.4 Å². The van der Waals surface area contributed by atoms with Gasteiger partial charge in [0, 0.05) is 6.20 Å². The minimum atomic E-state index is -0.774. The topological polar surface area (TPSA) is 107 Å². The van der Waals surface area contributed by atoms with E-state index in [0.717, 1.165) is 6.08 Å². The number of carbonyl (C=O) groups excluding carboxylic acids is 3. The molecule has 0 aliphatic heterocycles. The maximum Gasteiger partial charge on any atom is 0.354 e. The molecule has 140 valence electrons. The van der Waals surface area contributed by atoms with Gasteiger partial charge in [0.2, 0.25) is 0 Å². The molecule has 2 aromatic rings. The normalized spacial score (nSPS) is 10.7. The summed E-state index contributed by atoms with van der Waals surface area (Å²) in [7, 11) is 2.37. The predicted molar refractivity (Wildman–Crippen MR) is 97.6 cm³/mol. The number of hydrogen-bond donors (Lipinski definition) is 2. The molecule has 1 aromatic carbocycles. The standard InChI is InChI=1S/C19H19N3O5/c1-26-17(23)11-16(19(25)27-2)22-15-9-4-3-8-14(15)18(24)21-12-13-7-5-6-10-20-13/h3-11,22H,12H2,1-2H3,(H,21,24)/b16-11+. The van der Waals surface area contributed by atoms with E-state index < -0.39 is 11.9 Å². The van der Waals surface area contributed by atoms with Crippen LogP contribution >= 0.6 is 0 Å².